The van der Waals surface area contributed by atoms with Gasteiger partial charge >= 0.3 is 0 Å². The van der Waals surface area contributed by atoms with Crippen molar-refractivity contribution in [2.75, 3.05) is 0 Å². The van der Waals surface area contributed by atoms with Crippen LogP contribution >= 0.6 is 0 Å². The minimum absolute atomic E-state index is 0.0881. The molecule has 3 nitrogen and oxygen atoms in total. The van der Waals surface area contributed by atoms with E-state index in [4.69, 9.17) is 15.0 Å². The summed E-state index contributed by atoms with van der Waals surface area (Å²) in [5.41, 5.74) is 10.7. The van der Waals surface area contributed by atoms with Gasteiger partial charge in [0.25, 0.3) is 0 Å². The summed E-state index contributed by atoms with van der Waals surface area (Å²) in [6.45, 7) is 4.69. The first kappa shape index (κ1) is 33.6. The standard InChI is InChI=1S/C56H37N3/c1-56(2)50-28-14-13-26-47(50)52-45(27-15-29-51(52)56)44-30-31-46(41-23-10-9-22-40(41)44)53-57-54(48-32-34-16-3-5-18-36(34)38-20-7-11-24-42(38)48)59-55(58-53)49-33-35-17-4-6-19-37(35)39-21-8-12-25-43(39)49/h3-33H,1-2H3. The van der Waals surface area contributed by atoms with Crippen LogP contribution in [0.15, 0.2) is 188 Å². The Bertz CT molecular complexity index is 3410. The van der Waals surface area contributed by atoms with Gasteiger partial charge in [0.05, 0.1) is 0 Å². The van der Waals surface area contributed by atoms with E-state index in [0.29, 0.717) is 17.5 Å². The fourth-order valence-corrected chi connectivity index (χ4v) is 9.92. The van der Waals surface area contributed by atoms with Crippen molar-refractivity contribution >= 4 is 53.9 Å². The quantitative estimate of drug-likeness (QED) is 0.168. The zero-order chi connectivity index (χ0) is 39.2. The van der Waals surface area contributed by atoms with Crippen LogP contribution in [0.5, 0.6) is 0 Å². The predicted octanol–water partition coefficient (Wildman–Crippen LogP) is 14.6. The highest BCUT2D eigenvalue weighted by Gasteiger charge is 2.36. The Morgan fingerprint density at radius 3 is 1.25 bits per heavy atom. The summed E-state index contributed by atoms with van der Waals surface area (Å²) >= 11 is 0. The number of aromatic nitrogens is 3. The normalized spacial score (nSPS) is 13.1. The van der Waals surface area contributed by atoms with Gasteiger partial charge in [0.2, 0.25) is 0 Å². The number of hydrogen-bond acceptors (Lipinski definition) is 3. The molecule has 1 aromatic heterocycles. The second kappa shape index (κ2) is 12.8. The predicted molar refractivity (Wildman–Crippen MR) is 247 cm³/mol. The maximum atomic E-state index is 5.44. The fourth-order valence-electron chi connectivity index (χ4n) is 9.92. The topological polar surface area (TPSA) is 38.7 Å². The molecule has 0 N–H and O–H groups in total. The van der Waals surface area contributed by atoms with Gasteiger partial charge < -0.3 is 0 Å². The molecule has 11 aromatic rings. The fraction of sp³-hybridized carbons (Fsp3) is 0.0536. The third-order valence-electron chi connectivity index (χ3n) is 12.7. The number of nitrogens with zero attached hydrogens (tertiary/aromatic N) is 3. The maximum absolute atomic E-state index is 5.44. The van der Waals surface area contributed by atoms with Crippen LogP contribution in [-0.4, -0.2) is 15.0 Å². The highest BCUT2D eigenvalue weighted by atomic mass is 15.0. The van der Waals surface area contributed by atoms with Crippen molar-refractivity contribution in [3.63, 3.8) is 0 Å². The first-order valence-electron chi connectivity index (χ1n) is 20.4. The van der Waals surface area contributed by atoms with E-state index >= 15 is 0 Å². The molecule has 1 heterocycles. The SMILES string of the molecule is CC1(C)c2ccccc2-c2c(-c3ccc(-c4nc(-c5cc6ccccc6c6ccccc56)nc(-c5cc6ccccc6c6ccccc56)n4)c4ccccc34)cccc21. The van der Waals surface area contributed by atoms with Crippen molar-refractivity contribution in [1.29, 1.82) is 0 Å². The Labute approximate surface area is 342 Å². The Balaban J connectivity index is 1.14. The van der Waals surface area contributed by atoms with Gasteiger partial charge in [-0.1, -0.05) is 184 Å². The summed E-state index contributed by atoms with van der Waals surface area (Å²) in [7, 11) is 0. The van der Waals surface area contributed by atoms with Crippen LogP contribution in [0.2, 0.25) is 0 Å². The van der Waals surface area contributed by atoms with E-state index < -0.39 is 0 Å². The van der Waals surface area contributed by atoms with Crippen molar-refractivity contribution in [3.05, 3.63) is 199 Å². The van der Waals surface area contributed by atoms with Crippen molar-refractivity contribution in [3.8, 4) is 56.4 Å². The molecule has 0 aliphatic heterocycles. The summed E-state index contributed by atoms with van der Waals surface area (Å²) in [4.78, 5) is 16.3. The third kappa shape index (κ3) is 5.04. The Hall–Kier alpha value is -7.49. The van der Waals surface area contributed by atoms with Gasteiger partial charge in [0, 0.05) is 22.1 Å². The van der Waals surface area contributed by atoms with E-state index in [1.807, 2.05) is 0 Å². The molecule has 1 aliphatic carbocycles. The molecule has 0 radical (unpaired) electrons. The Morgan fingerprint density at radius 1 is 0.288 bits per heavy atom. The van der Waals surface area contributed by atoms with Gasteiger partial charge in [-0.3, -0.25) is 0 Å². The number of hydrogen-bond donors (Lipinski definition) is 0. The first-order valence-corrected chi connectivity index (χ1v) is 20.4. The molecule has 0 unspecified atom stereocenters. The molecule has 12 rings (SSSR count). The van der Waals surface area contributed by atoms with Crippen LogP contribution in [-0.2, 0) is 5.41 Å². The first-order chi connectivity index (χ1) is 29.0. The number of fused-ring (bicyclic) bond motifs is 10. The van der Waals surface area contributed by atoms with E-state index in [9.17, 15) is 0 Å². The van der Waals surface area contributed by atoms with E-state index in [-0.39, 0.29) is 5.41 Å². The van der Waals surface area contributed by atoms with Gasteiger partial charge in [-0.15, -0.1) is 0 Å². The summed E-state index contributed by atoms with van der Waals surface area (Å²) in [6.07, 6.45) is 0. The minimum atomic E-state index is -0.0881. The molecule has 0 spiro atoms. The smallest absolute Gasteiger partial charge is 0.164 e. The Morgan fingerprint density at radius 2 is 0.678 bits per heavy atom. The summed E-state index contributed by atoms with van der Waals surface area (Å²) in [5.74, 6) is 1.95. The molecular weight excluding hydrogens is 715 g/mol. The van der Waals surface area contributed by atoms with Crippen molar-refractivity contribution < 1.29 is 0 Å². The molecule has 0 fully saturated rings. The molecular formula is C56H37N3. The lowest BCUT2D eigenvalue weighted by Crippen LogP contribution is -2.14. The zero-order valence-electron chi connectivity index (χ0n) is 32.7. The van der Waals surface area contributed by atoms with Crippen LogP contribution in [0.25, 0.3) is 110 Å². The maximum Gasteiger partial charge on any atom is 0.164 e. The van der Waals surface area contributed by atoms with Gasteiger partial charge in [-0.2, -0.15) is 0 Å². The molecule has 0 saturated carbocycles. The summed E-state index contributed by atoms with van der Waals surface area (Å²) in [6, 6.07) is 67.8. The van der Waals surface area contributed by atoms with Crippen LogP contribution in [0, 0.1) is 0 Å². The second-order valence-electron chi connectivity index (χ2n) is 16.3. The average Bonchev–Trinajstić information content (AvgIpc) is 3.53. The minimum Gasteiger partial charge on any atom is -0.208 e. The third-order valence-corrected chi connectivity index (χ3v) is 12.7. The van der Waals surface area contributed by atoms with Crippen LogP contribution < -0.4 is 0 Å². The molecule has 3 heteroatoms. The van der Waals surface area contributed by atoms with Gasteiger partial charge in [-0.05, 0) is 105 Å². The largest absolute Gasteiger partial charge is 0.208 e. The molecule has 0 saturated heterocycles. The lowest BCUT2D eigenvalue weighted by molar-refractivity contribution is 0.660. The number of rotatable bonds is 4. The molecule has 59 heavy (non-hydrogen) atoms. The lowest BCUT2D eigenvalue weighted by atomic mass is 9.81. The van der Waals surface area contributed by atoms with Crippen LogP contribution in [0.1, 0.15) is 25.0 Å². The summed E-state index contributed by atoms with van der Waals surface area (Å²) < 4.78 is 0. The van der Waals surface area contributed by atoms with E-state index in [1.165, 1.54) is 54.9 Å². The highest BCUT2D eigenvalue weighted by Crippen LogP contribution is 2.53. The average molecular weight is 752 g/mol. The second-order valence-corrected chi connectivity index (χ2v) is 16.3. The van der Waals surface area contributed by atoms with E-state index in [0.717, 1.165) is 49.0 Å². The Kier molecular flexibility index (Phi) is 7.27. The van der Waals surface area contributed by atoms with Crippen LogP contribution in [0.3, 0.4) is 0 Å². The number of benzene rings is 10. The van der Waals surface area contributed by atoms with Gasteiger partial charge in [-0.25, -0.2) is 15.0 Å². The summed E-state index contributed by atoms with van der Waals surface area (Å²) in [5, 5.41) is 11.6. The molecule has 276 valence electrons. The molecule has 1 aliphatic rings. The highest BCUT2D eigenvalue weighted by molar-refractivity contribution is 6.15. The van der Waals surface area contributed by atoms with E-state index in [2.05, 4.69) is 202 Å². The van der Waals surface area contributed by atoms with Crippen molar-refractivity contribution in [2.24, 2.45) is 0 Å². The molecule has 10 aromatic carbocycles. The van der Waals surface area contributed by atoms with Crippen molar-refractivity contribution in [1.82, 2.24) is 15.0 Å². The van der Waals surface area contributed by atoms with Crippen LogP contribution in [0.4, 0.5) is 0 Å². The molecule has 0 amide bonds. The van der Waals surface area contributed by atoms with Crippen molar-refractivity contribution in [2.45, 2.75) is 19.3 Å². The zero-order valence-corrected chi connectivity index (χ0v) is 32.7. The molecule has 0 bridgehead atoms. The monoisotopic (exact) mass is 751 g/mol. The van der Waals surface area contributed by atoms with Gasteiger partial charge in [0.15, 0.2) is 17.5 Å². The van der Waals surface area contributed by atoms with E-state index in [1.54, 1.807) is 0 Å². The molecule has 0 atom stereocenters. The van der Waals surface area contributed by atoms with Gasteiger partial charge in [0.1, 0.15) is 0 Å². The lowest BCUT2D eigenvalue weighted by Gasteiger charge is -2.21.